The molecule has 0 unspecified atom stereocenters. The smallest absolute Gasteiger partial charge is 0.228 e. The largest absolute Gasteiger partial charge is 0.324 e. The second-order valence-electron chi connectivity index (χ2n) is 4.85. The number of carbonyl (C=O) groups excluding carboxylic acids is 1. The molecule has 110 valence electrons. The number of hydrogen-bond acceptors (Lipinski definition) is 2. The number of anilines is 1. The predicted octanol–water partition coefficient (Wildman–Crippen LogP) is 4.72. The van der Waals surface area contributed by atoms with Crippen molar-refractivity contribution in [3.63, 3.8) is 0 Å². The third kappa shape index (κ3) is 3.21. The van der Waals surface area contributed by atoms with Gasteiger partial charge in [0, 0.05) is 11.6 Å². The molecular weight excluding hydrogens is 319 g/mol. The summed E-state index contributed by atoms with van der Waals surface area (Å²) in [6.45, 7) is 0. The second kappa shape index (κ2) is 6.34. The molecule has 3 rings (SSSR count). The van der Waals surface area contributed by atoms with Crippen LogP contribution >= 0.6 is 23.2 Å². The van der Waals surface area contributed by atoms with Crippen molar-refractivity contribution in [2.75, 3.05) is 5.32 Å². The fourth-order valence-electron chi connectivity index (χ4n) is 2.23. The van der Waals surface area contributed by atoms with Gasteiger partial charge in [0.25, 0.3) is 0 Å². The SMILES string of the molecule is O=C(Cc1ccc(Cl)c(Cl)c1)Nc1cccc2cccnc12. The number of benzene rings is 2. The van der Waals surface area contributed by atoms with Crippen molar-refractivity contribution >= 4 is 45.7 Å². The van der Waals surface area contributed by atoms with E-state index in [1.807, 2.05) is 30.3 Å². The number of aromatic nitrogens is 1. The summed E-state index contributed by atoms with van der Waals surface area (Å²) in [5.41, 5.74) is 2.27. The predicted molar refractivity (Wildman–Crippen MR) is 90.5 cm³/mol. The Hall–Kier alpha value is -2.10. The van der Waals surface area contributed by atoms with Crippen molar-refractivity contribution in [2.24, 2.45) is 0 Å². The van der Waals surface area contributed by atoms with Crippen molar-refractivity contribution < 1.29 is 4.79 Å². The van der Waals surface area contributed by atoms with E-state index in [4.69, 9.17) is 23.2 Å². The van der Waals surface area contributed by atoms with Crippen LogP contribution in [0.4, 0.5) is 5.69 Å². The van der Waals surface area contributed by atoms with Gasteiger partial charge >= 0.3 is 0 Å². The quantitative estimate of drug-likeness (QED) is 0.754. The number of rotatable bonds is 3. The number of hydrogen-bond donors (Lipinski definition) is 1. The summed E-state index contributed by atoms with van der Waals surface area (Å²) in [6.07, 6.45) is 1.93. The van der Waals surface area contributed by atoms with Gasteiger partial charge in [0.05, 0.1) is 27.7 Å². The molecule has 0 radical (unpaired) electrons. The molecule has 0 saturated heterocycles. The second-order valence-corrected chi connectivity index (χ2v) is 5.67. The summed E-state index contributed by atoms with van der Waals surface area (Å²) in [4.78, 5) is 16.5. The first kappa shape index (κ1) is 14.8. The average molecular weight is 331 g/mol. The zero-order valence-corrected chi connectivity index (χ0v) is 13.0. The summed E-state index contributed by atoms with van der Waals surface area (Å²) in [5.74, 6) is -0.128. The maximum atomic E-state index is 12.2. The highest BCUT2D eigenvalue weighted by atomic mass is 35.5. The molecule has 1 N–H and O–H groups in total. The first-order valence-corrected chi connectivity index (χ1v) is 7.46. The summed E-state index contributed by atoms with van der Waals surface area (Å²) >= 11 is 11.8. The Balaban J connectivity index is 1.80. The fraction of sp³-hybridized carbons (Fsp3) is 0.0588. The van der Waals surface area contributed by atoms with Crippen molar-refractivity contribution in [3.8, 4) is 0 Å². The molecule has 0 saturated carbocycles. The molecule has 0 spiro atoms. The van der Waals surface area contributed by atoms with Gasteiger partial charge in [-0.15, -0.1) is 0 Å². The van der Waals surface area contributed by atoms with Gasteiger partial charge in [-0.2, -0.15) is 0 Å². The van der Waals surface area contributed by atoms with E-state index in [0.29, 0.717) is 15.7 Å². The van der Waals surface area contributed by atoms with Gasteiger partial charge < -0.3 is 5.32 Å². The summed E-state index contributed by atoms with van der Waals surface area (Å²) < 4.78 is 0. The minimum atomic E-state index is -0.128. The van der Waals surface area contributed by atoms with E-state index in [-0.39, 0.29) is 12.3 Å². The molecule has 2 aromatic carbocycles. The molecular formula is C17H12Cl2N2O. The number of halogens is 2. The molecule has 0 fully saturated rings. The monoisotopic (exact) mass is 330 g/mol. The van der Waals surface area contributed by atoms with Crippen LogP contribution in [0.1, 0.15) is 5.56 Å². The Morgan fingerprint density at radius 2 is 1.86 bits per heavy atom. The third-order valence-electron chi connectivity index (χ3n) is 3.26. The topological polar surface area (TPSA) is 42.0 Å². The van der Waals surface area contributed by atoms with E-state index in [2.05, 4.69) is 10.3 Å². The third-order valence-corrected chi connectivity index (χ3v) is 3.99. The van der Waals surface area contributed by atoms with Crippen molar-refractivity contribution in [3.05, 3.63) is 70.3 Å². The Kier molecular flexibility index (Phi) is 4.27. The lowest BCUT2D eigenvalue weighted by Gasteiger charge is -2.08. The number of carbonyl (C=O) groups is 1. The van der Waals surface area contributed by atoms with Crippen molar-refractivity contribution in [2.45, 2.75) is 6.42 Å². The number of pyridine rings is 1. The van der Waals surface area contributed by atoms with Gasteiger partial charge in [0.2, 0.25) is 5.91 Å². The average Bonchev–Trinajstić information content (AvgIpc) is 2.51. The summed E-state index contributed by atoms with van der Waals surface area (Å²) in [5, 5.41) is 4.79. The van der Waals surface area contributed by atoms with E-state index < -0.39 is 0 Å². The Morgan fingerprint density at radius 1 is 1.05 bits per heavy atom. The standard InChI is InChI=1S/C17H12Cl2N2O/c18-13-7-6-11(9-14(13)19)10-16(22)21-15-5-1-3-12-4-2-8-20-17(12)15/h1-9H,10H2,(H,21,22). The minimum Gasteiger partial charge on any atom is -0.324 e. The minimum absolute atomic E-state index is 0.128. The highest BCUT2D eigenvalue weighted by molar-refractivity contribution is 6.42. The highest BCUT2D eigenvalue weighted by Crippen LogP contribution is 2.24. The van der Waals surface area contributed by atoms with Crippen LogP contribution in [0, 0.1) is 0 Å². The lowest BCUT2D eigenvalue weighted by atomic mass is 10.1. The number of nitrogens with zero attached hydrogens (tertiary/aromatic N) is 1. The summed E-state index contributed by atoms with van der Waals surface area (Å²) in [7, 11) is 0. The van der Waals surface area contributed by atoms with Gasteiger partial charge in [-0.3, -0.25) is 9.78 Å². The molecule has 0 atom stereocenters. The summed E-state index contributed by atoms with van der Waals surface area (Å²) in [6, 6.07) is 14.7. The van der Waals surface area contributed by atoms with Crippen LogP contribution in [0.3, 0.4) is 0 Å². The molecule has 1 aromatic heterocycles. The maximum absolute atomic E-state index is 12.2. The molecule has 0 aliphatic carbocycles. The highest BCUT2D eigenvalue weighted by Gasteiger charge is 2.08. The van der Waals surface area contributed by atoms with E-state index in [9.17, 15) is 4.79 Å². The van der Waals surface area contributed by atoms with Crippen LogP contribution in [0.2, 0.25) is 10.0 Å². The Bertz CT molecular complexity index is 844. The Labute approximate surface area is 137 Å². The van der Waals surface area contributed by atoms with Crippen LogP contribution in [0.5, 0.6) is 0 Å². The molecule has 5 heteroatoms. The lowest BCUT2D eigenvalue weighted by Crippen LogP contribution is -2.14. The molecule has 1 heterocycles. The van der Waals surface area contributed by atoms with Gasteiger partial charge in [-0.1, -0.05) is 47.5 Å². The lowest BCUT2D eigenvalue weighted by molar-refractivity contribution is -0.115. The number of nitrogens with one attached hydrogen (secondary N) is 1. The van der Waals surface area contributed by atoms with Crippen LogP contribution in [-0.4, -0.2) is 10.9 Å². The Morgan fingerprint density at radius 3 is 2.68 bits per heavy atom. The number of para-hydroxylation sites is 1. The van der Waals surface area contributed by atoms with E-state index in [1.165, 1.54) is 0 Å². The van der Waals surface area contributed by atoms with E-state index in [0.717, 1.165) is 16.5 Å². The van der Waals surface area contributed by atoms with E-state index >= 15 is 0 Å². The molecule has 0 bridgehead atoms. The molecule has 1 amide bonds. The normalized spacial score (nSPS) is 10.6. The first-order valence-electron chi connectivity index (χ1n) is 6.71. The van der Waals surface area contributed by atoms with Crippen LogP contribution < -0.4 is 5.32 Å². The van der Waals surface area contributed by atoms with Gasteiger partial charge in [-0.05, 0) is 29.8 Å². The van der Waals surface area contributed by atoms with Gasteiger partial charge in [0.1, 0.15) is 0 Å². The van der Waals surface area contributed by atoms with E-state index in [1.54, 1.807) is 24.4 Å². The van der Waals surface area contributed by atoms with Crippen molar-refractivity contribution in [1.29, 1.82) is 0 Å². The number of amides is 1. The van der Waals surface area contributed by atoms with Crippen LogP contribution in [-0.2, 0) is 11.2 Å². The molecule has 0 aliphatic heterocycles. The van der Waals surface area contributed by atoms with Crippen LogP contribution in [0.15, 0.2) is 54.7 Å². The first-order chi connectivity index (χ1) is 10.6. The molecule has 3 aromatic rings. The fourth-order valence-corrected chi connectivity index (χ4v) is 2.56. The molecule has 22 heavy (non-hydrogen) atoms. The molecule has 0 aliphatic rings. The number of fused-ring (bicyclic) bond motifs is 1. The molecule has 3 nitrogen and oxygen atoms in total. The van der Waals surface area contributed by atoms with Gasteiger partial charge in [0.15, 0.2) is 0 Å². The van der Waals surface area contributed by atoms with Crippen molar-refractivity contribution in [1.82, 2.24) is 4.98 Å². The zero-order chi connectivity index (χ0) is 15.5. The van der Waals surface area contributed by atoms with Gasteiger partial charge in [-0.25, -0.2) is 0 Å². The van der Waals surface area contributed by atoms with Crippen LogP contribution in [0.25, 0.3) is 10.9 Å². The zero-order valence-electron chi connectivity index (χ0n) is 11.5. The maximum Gasteiger partial charge on any atom is 0.228 e.